The lowest BCUT2D eigenvalue weighted by Gasteiger charge is -2.11. The number of methoxy groups -OCH3 is 2. The van der Waals surface area contributed by atoms with Gasteiger partial charge >= 0.3 is 17.8 Å². The number of carbonyl (C=O) groups is 3. The molecule has 10 heteroatoms. The van der Waals surface area contributed by atoms with Gasteiger partial charge in [0.2, 0.25) is 0 Å². The van der Waals surface area contributed by atoms with E-state index in [2.05, 4.69) is 15.8 Å². The standard InChI is InChI=1S/C24H20ClN3O6/c1-32-16-11-12-19(21(13-16)33-2)27-22(29)23(30)28-26-14-15-7-3-6-10-20(15)34-24(31)17-8-4-5-9-18(17)25/h3-14H,1-2H3,(H,27,29)(H,28,30). The van der Waals surface area contributed by atoms with Gasteiger partial charge in [-0.05, 0) is 36.4 Å². The van der Waals surface area contributed by atoms with Gasteiger partial charge in [0.1, 0.15) is 17.2 Å². The highest BCUT2D eigenvalue weighted by Gasteiger charge is 2.17. The Morgan fingerprint density at radius 3 is 2.35 bits per heavy atom. The van der Waals surface area contributed by atoms with Gasteiger partial charge in [0.05, 0.1) is 36.7 Å². The zero-order valence-corrected chi connectivity index (χ0v) is 19.0. The van der Waals surface area contributed by atoms with Crippen LogP contribution in [0.4, 0.5) is 5.69 Å². The summed E-state index contributed by atoms with van der Waals surface area (Å²) in [6.07, 6.45) is 1.24. The molecule has 2 N–H and O–H groups in total. The van der Waals surface area contributed by atoms with Gasteiger partial charge in [-0.25, -0.2) is 10.2 Å². The minimum absolute atomic E-state index is 0.192. The number of nitrogens with zero attached hydrogens (tertiary/aromatic N) is 1. The van der Waals surface area contributed by atoms with E-state index in [1.807, 2.05) is 0 Å². The number of amides is 2. The predicted octanol–water partition coefficient (Wildman–Crippen LogP) is 3.67. The smallest absolute Gasteiger partial charge is 0.345 e. The molecule has 0 saturated heterocycles. The van der Waals surface area contributed by atoms with Crippen LogP contribution in [-0.2, 0) is 9.59 Å². The van der Waals surface area contributed by atoms with E-state index in [4.69, 9.17) is 25.8 Å². The van der Waals surface area contributed by atoms with E-state index in [9.17, 15) is 14.4 Å². The highest BCUT2D eigenvalue weighted by Crippen LogP contribution is 2.29. The van der Waals surface area contributed by atoms with Gasteiger partial charge in [0, 0.05) is 11.6 Å². The van der Waals surface area contributed by atoms with Crippen molar-refractivity contribution in [2.45, 2.75) is 0 Å². The first-order valence-corrected chi connectivity index (χ1v) is 10.2. The fraction of sp³-hybridized carbons (Fsp3) is 0.0833. The van der Waals surface area contributed by atoms with Crippen molar-refractivity contribution in [2.24, 2.45) is 5.10 Å². The van der Waals surface area contributed by atoms with Crippen LogP contribution in [-0.4, -0.2) is 38.2 Å². The summed E-state index contributed by atoms with van der Waals surface area (Å²) in [7, 11) is 2.92. The Labute approximate surface area is 200 Å². The number of hydrogen-bond acceptors (Lipinski definition) is 7. The van der Waals surface area contributed by atoms with Crippen LogP contribution in [0.15, 0.2) is 71.8 Å². The highest BCUT2D eigenvalue weighted by atomic mass is 35.5. The summed E-state index contributed by atoms with van der Waals surface area (Å²) in [6, 6.07) is 17.7. The molecule has 0 aliphatic heterocycles. The second-order valence-corrected chi connectivity index (χ2v) is 7.03. The number of rotatable bonds is 7. The summed E-state index contributed by atoms with van der Waals surface area (Å²) in [6.45, 7) is 0. The summed E-state index contributed by atoms with van der Waals surface area (Å²) >= 11 is 6.04. The van der Waals surface area contributed by atoms with E-state index in [0.717, 1.165) is 0 Å². The lowest BCUT2D eigenvalue weighted by molar-refractivity contribution is -0.136. The van der Waals surface area contributed by atoms with E-state index in [-0.39, 0.29) is 22.0 Å². The third-order valence-corrected chi connectivity index (χ3v) is 4.78. The van der Waals surface area contributed by atoms with E-state index >= 15 is 0 Å². The number of nitrogens with one attached hydrogen (secondary N) is 2. The molecular formula is C24H20ClN3O6. The van der Waals surface area contributed by atoms with Crippen LogP contribution in [0.25, 0.3) is 0 Å². The lowest BCUT2D eigenvalue weighted by atomic mass is 10.2. The summed E-state index contributed by atoms with van der Waals surface area (Å²) < 4.78 is 15.7. The molecule has 3 rings (SSSR count). The lowest BCUT2D eigenvalue weighted by Crippen LogP contribution is -2.32. The predicted molar refractivity (Wildman–Crippen MR) is 127 cm³/mol. The monoisotopic (exact) mass is 481 g/mol. The Balaban J connectivity index is 1.64. The molecule has 0 bridgehead atoms. The van der Waals surface area contributed by atoms with Crippen LogP contribution in [0.5, 0.6) is 17.2 Å². The van der Waals surface area contributed by atoms with Crippen molar-refractivity contribution in [2.75, 3.05) is 19.5 Å². The quantitative estimate of drug-likeness (QED) is 0.175. The topological polar surface area (TPSA) is 115 Å². The van der Waals surface area contributed by atoms with E-state index < -0.39 is 17.8 Å². The van der Waals surface area contributed by atoms with Crippen molar-refractivity contribution >= 4 is 41.3 Å². The largest absolute Gasteiger partial charge is 0.497 e. The Bertz CT molecular complexity index is 1240. The molecule has 0 saturated carbocycles. The minimum atomic E-state index is -1.01. The molecule has 0 atom stereocenters. The fourth-order valence-electron chi connectivity index (χ4n) is 2.75. The second kappa shape index (κ2) is 11.5. The van der Waals surface area contributed by atoms with Crippen molar-refractivity contribution < 1.29 is 28.6 Å². The average Bonchev–Trinajstić information content (AvgIpc) is 2.85. The number of ether oxygens (including phenoxy) is 3. The van der Waals surface area contributed by atoms with E-state index in [0.29, 0.717) is 17.1 Å². The molecule has 0 aliphatic rings. The first-order valence-electron chi connectivity index (χ1n) is 9.85. The van der Waals surface area contributed by atoms with Crippen molar-refractivity contribution in [1.82, 2.24) is 5.43 Å². The zero-order chi connectivity index (χ0) is 24.5. The highest BCUT2D eigenvalue weighted by molar-refractivity contribution is 6.39. The van der Waals surface area contributed by atoms with Gasteiger partial charge in [-0.1, -0.05) is 35.9 Å². The number of anilines is 1. The number of halogens is 1. The molecule has 0 unspecified atom stereocenters. The maximum atomic E-state index is 12.4. The van der Waals surface area contributed by atoms with Gasteiger partial charge < -0.3 is 19.5 Å². The van der Waals surface area contributed by atoms with E-state index in [1.54, 1.807) is 54.6 Å². The molecule has 0 spiro atoms. The summed E-state index contributed by atoms with van der Waals surface area (Å²) in [5.74, 6) is -1.59. The maximum Gasteiger partial charge on any atom is 0.345 e. The molecule has 0 radical (unpaired) electrons. The molecule has 0 aliphatic carbocycles. The van der Waals surface area contributed by atoms with Crippen LogP contribution in [0, 0.1) is 0 Å². The summed E-state index contributed by atoms with van der Waals surface area (Å²) in [5.41, 5.74) is 3.00. The fourth-order valence-corrected chi connectivity index (χ4v) is 2.97. The first kappa shape index (κ1) is 24.3. The molecule has 0 heterocycles. The van der Waals surface area contributed by atoms with Crippen molar-refractivity contribution in [3.05, 3.63) is 82.9 Å². The number of benzene rings is 3. The second-order valence-electron chi connectivity index (χ2n) is 6.63. The third kappa shape index (κ3) is 6.11. The Hall–Kier alpha value is -4.37. The Kier molecular flexibility index (Phi) is 8.20. The van der Waals surface area contributed by atoms with Crippen molar-refractivity contribution in [1.29, 1.82) is 0 Å². The molecule has 174 valence electrons. The molecule has 3 aromatic rings. The maximum absolute atomic E-state index is 12.4. The molecule has 0 aromatic heterocycles. The van der Waals surface area contributed by atoms with Crippen LogP contribution in [0.2, 0.25) is 5.02 Å². The first-order chi connectivity index (χ1) is 16.4. The number of carbonyl (C=O) groups excluding carboxylic acids is 3. The van der Waals surface area contributed by atoms with Crippen LogP contribution in [0.1, 0.15) is 15.9 Å². The van der Waals surface area contributed by atoms with Crippen LogP contribution < -0.4 is 25.0 Å². The van der Waals surface area contributed by atoms with Crippen molar-refractivity contribution in [3.63, 3.8) is 0 Å². The molecule has 3 aromatic carbocycles. The SMILES string of the molecule is COc1ccc(NC(=O)C(=O)NN=Cc2ccccc2OC(=O)c2ccccc2Cl)c(OC)c1. The zero-order valence-electron chi connectivity index (χ0n) is 18.2. The normalized spacial score (nSPS) is 10.4. The number of hydrogen-bond donors (Lipinski definition) is 2. The molecule has 0 fully saturated rings. The van der Waals surface area contributed by atoms with E-state index in [1.165, 1.54) is 32.6 Å². The molecular weight excluding hydrogens is 462 g/mol. The third-order valence-electron chi connectivity index (χ3n) is 4.45. The number of hydrazone groups is 1. The Morgan fingerprint density at radius 1 is 0.882 bits per heavy atom. The minimum Gasteiger partial charge on any atom is -0.497 e. The molecule has 9 nitrogen and oxygen atoms in total. The number of esters is 1. The molecule has 34 heavy (non-hydrogen) atoms. The van der Waals surface area contributed by atoms with Gasteiger partial charge in [-0.15, -0.1) is 0 Å². The van der Waals surface area contributed by atoms with Gasteiger partial charge in [-0.3, -0.25) is 9.59 Å². The van der Waals surface area contributed by atoms with Gasteiger partial charge in [0.25, 0.3) is 0 Å². The Morgan fingerprint density at radius 2 is 1.62 bits per heavy atom. The van der Waals surface area contributed by atoms with Gasteiger partial charge in [-0.2, -0.15) is 5.10 Å². The number of para-hydroxylation sites is 1. The van der Waals surface area contributed by atoms with Crippen molar-refractivity contribution in [3.8, 4) is 17.2 Å². The average molecular weight is 482 g/mol. The summed E-state index contributed by atoms with van der Waals surface area (Å²) in [4.78, 5) is 36.8. The van der Waals surface area contributed by atoms with Gasteiger partial charge in [0.15, 0.2) is 0 Å². The molecule has 2 amide bonds. The van der Waals surface area contributed by atoms with Crippen LogP contribution in [0.3, 0.4) is 0 Å². The van der Waals surface area contributed by atoms with Crippen LogP contribution >= 0.6 is 11.6 Å². The summed E-state index contributed by atoms with van der Waals surface area (Å²) in [5, 5.41) is 6.47.